The average molecular weight is 180 g/mol. The molecule has 0 radical (unpaired) electrons. The van der Waals surface area contributed by atoms with Gasteiger partial charge in [0.25, 0.3) is 0 Å². The minimum Gasteiger partial charge on any atom is -0.0877 e. The molecule has 0 nitrogen and oxygen atoms in total. The van der Waals surface area contributed by atoms with E-state index in [0.29, 0.717) is 5.41 Å². The Morgan fingerprint density at radius 1 is 1.23 bits per heavy atom. The van der Waals surface area contributed by atoms with E-state index in [2.05, 4.69) is 52.8 Å². The Balaban J connectivity index is 4.25. The average Bonchev–Trinajstić information content (AvgIpc) is 1.98. The molecule has 0 spiro atoms. The van der Waals surface area contributed by atoms with E-state index in [0.717, 1.165) is 0 Å². The second-order valence-electron chi connectivity index (χ2n) is 4.84. The van der Waals surface area contributed by atoms with Gasteiger partial charge in [0.2, 0.25) is 0 Å². The van der Waals surface area contributed by atoms with Crippen LogP contribution in [0.15, 0.2) is 23.8 Å². The molecule has 0 fully saturated rings. The van der Waals surface area contributed by atoms with Crippen molar-refractivity contribution in [1.29, 1.82) is 0 Å². The van der Waals surface area contributed by atoms with E-state index in [4.69, 9.17) is 0 Å². The summed E-state index contributed by atoms with van der Waals surface area (Å²) in [5.41, 5.74) is 2.00. The van der Waals surface area contributed by atoms with Crippen LogP contribution >= 0.6 is 0 Å². The third-order valence-corrected chi connectivity index (χ3v) is 1.85. The molecule has 0 saturated heterocycles. The van der Waals surface area contributed by atoms with Crippen LogP contribution in [0.25, 0.3) is 0 Å². The quantitative estimate of drug-likeness (QED) is 0.549. The Morgan fingerprint density at radius 3 is 2.23 bits per heavy atom. The molecule has 0 aliphatic carbocycles. The highest BCUT2D eigenvalue weighted by atomic mass is 14.2. The molecule has 0 aromatic heterocycles. The summed E-state index contributed by atoms with van der Waals surface area (Å²) in [7, 11) is 0. The first-order valence-corrected chi connectivity index (χ1v) is 5.30. The number of allylic oxidation sites excluding steroid dienone is 4. The molecule has 0 bridgehead atoms. The third-order valence-electron chi connectivity index (χ3n) is 1.85. The maximum Gasteiger partial charge on any atom is -0.0268 e. The molecular formula is C13H24. The maximum absolute atomic E-state index is 2.30. The Morgan fingerprint density at radius 2 is 1.85 bits per heavy atom. The highest BCUT2D eigenvalue weighted by Crippen LogP contribution is 2.26. The Bertz CT molecular complexity index is 177. The van der Waals surface area contributed by atoms with Crippen LogP contribution in [0, 0.1) is 5.41 Å². The normalized spacial score (nSPS) is 14.1. The van der Waals surface area contributed by atoms with Crippen molar-refractivity contribution in [2.75, 3.05) is 0 Å². The molecule has 0 aromatic carbocycles. The van der Waals surface area contributed by atoms with Crippen molar-refractivity contribution in [2.45, 2.75) is 53.9 Å². The van der Waals surface area contributed by atoms with Crippen LogP contribution in [0.3, 0.4) is 0 Å². The summed E-state index contributed by atoms with van der Waals surface area (Å²) in [6.07, 6.45) is 10.2. The van der Waals surface area contributed by atoms with E-state index in [1.54, 1.807) is 5.57 Å². The zero-order valence-electron chi connectivity index (χ0n) is 9.85. The first-order chi connectivity index (χ1) is 5.99. The summed E-state index contributed by atoms with van der Waals surface area (Å²) in [5.74, 6) is 0. The Hall–Kier alpha value is -0.520. The molecule has 0 saturated carbocycles. The Kier molecular flexibility index (Phi) is 5.77. The summed E-state index contributed by atoms with van der Waals surface area (Å²) in [5, 5.41) is 0. The van der Waals surface area contributed by atoms with Crippen molar-refractivity contribution in [3.8, 4) is 0 Å². The zero-order valence-corrected chi connectivity index (χ0v) is 9.85. The first-order valence-electron chi connectivity index (χ1n) is 5.30. The molecule has 0 aliphatic heterocycles. The predicted molar refractivity (Wildman–Crippen MR) is 61.9 cm³/mol. The summed E-state index contributed by atoms with van der Waals surface area (Å²) < 4.78 is 0. The molecule has 0 rings (SSSR count). The molecule has 0 heterocycles. The van der Waals surface area contributed by atoms with Gasteiger partial charge in [-0.15, -0.1) is 0 Å². The van der Waals surface area contributed by atoms with E-state index >= 15 is 0 Å². The molecule has 0 aromatic rings. The number of rotatable bonds is 4. The lowest BCUT2D eigenvalue weighted by Gasteiger charge is -2.20. The summed E-state index contributed by atoms with van der Waals surface area (Å²) >= 11 is 0. The molecule has 0 amide bonds. The van der Waals surface area contributed by atoms with Crippen LogP contribution in [0.2, 0.25) is 0 Å². The van der Waals surface area contributed by atoms with Gasteiger partial charge in [0.15, 0.2) is 0 Å². The van der Waals surface area contributed by atoms with Crippen molar-refractivity contribution in [3.05, 3.63) is 23.8 Å². The lowest BCUT2D eigenvalue weighted by molar-refractivity contribution is 0.403. The van der Waals surface area contributed by atoms with Crippen LogP contribution < -0.4 is 0 Å². The van der Waals surface area contributed by atoms with Gasteiger partial charge < -0.3 is 0 Å². The number of hydrogen-bond donors (Lipinski definition) is 0. The molecule has 0 atom stereocenters. The van der Waals surface area contributed by atoms with Crippen molar-refractivity contribution < 1.29 is 0 Å². The Labute approximate surface area is 83.7 Å². The smallest absolute Gasteiger partial charge is 0.0268 e. The fourth-order valence-electron chi connectivity index (χ4n) is 1.47. The van der Waals surface area contributed by atoms with Crippen LogP contribution in [0.4, 0.5) is 0 Å². The second kappa shape index (κ2) is 6.01. The minimum atomic E-state index is 0.419. The third kappa shape index (κ3) is 7.83. The molecule has 13 heavy (non-hydrogen) atoms. The largest absolute Gasteiger partial charge is 0.0877 e. The highest BCUT2D eigenvalue weighted by molar-refractivity contribution is 5.13. The van der Waals surface area contributed by atoms with E-state index in [1.807, 2.05) is 0 Å². The fourth-order valence-corrected chi connectivity index (χ4v) is 1.47. The first kappa shape index (κ1) is 12.5. The van der Waals surface area contributed by atoms with Crippen molar-refractivity contribution in [3.63, 3.8) is 0 Å². The molecule has 0 unspecified atom stereocenters. The van der Waals surface area contributed by atoms with Crippen molar-refractivity contribution in [1.82, 2.24) is 0 Å². The minimum absolute atomic E-state index is 0.419. The monoisotopic (exact) mass is 180 g/mol. The van der Waals surface area contributed by atoms with Crippen molar-refractivity contribution in [2.24, 2.45) is 5.41 Å². The maximum atomic E-state index is 2.30. The lowest BCUT2D eigenvalue weighted by atomic mass is 9.86. The van der Waals surface area contributed by atoms with Crippen LogP contribution in [-0.2, 0) is 0 Å². The topological polar surface area (TPSA) is 0 Å². The van der Waals surface area contributed by atoms with Gasteiger partial charge in [0.05, 0.1) is 0 Å². The van der Waals surface area contributed by atoms with Crippen LogP contribution in [0.5, 0.6) is 0 Å². The van der Waals surface area contributed by atoms with Gasteiger partial charge in [-0.1, -0.05) is 57.9 Å². The van der Waals surface area contributed by atoms with Crippen molar-refractivity contribution >= 4 is 0 Å². The summed E-state index contributed by atoms with van der Waals surface area (Å²) in [4.78, 5) is 0. The van der Waals surface area contributed by atoms with Gasteiger partial charge >= 0.3 is 0 Å². The van der Waals surface area contributed by atoms with Gasteiger partial charge in [-0.05, 0) is 25.2 Å². The van der Waals surface area contributed by atoms with Crippen LogP contribution in [-0.4, -0.2) is 0 Å². The molecule has 0 N–H and O–H groups in total. The second-order valence-corrected chi connectivity index (χ2v) is 4.84. The lowest BCUT2D eigenvalue weighted by Crippen LogP contribution is -2.06. The van der Waals surface area contributed by atoms with Gasteiger partial charge in [-0.25, -0.2) is 0 Å². The molecule has 0 aliphatic rings. The van der Waals surface area contributed by atoms with Gasteiger partial charge in [0.1, 0.15) is 0 Å². The number of hydrogen-bond acceptors (Lipinski definition) is 0. The highest BCUT2D eigenvalue weighted by Gasteiger charge is 2.11. The van der Waals surface area contributed by atoms with E-state index in [9.17, 15) is 0 Å². The SMILES string of the molecule is CC=CC=C(CCC)CC(C)(C)C. The fraction of sp³-hybridized carbons (Fsp3) is 0.692. The molecule has 76 valence electrons. The summed E-state index contributed by atoms with van der Waals surface area (Å²) in [6, 6.07) is 0. The van der Waals surface area contributed by atoms with E-state index < -0.39 is 0 Å². The van der Waals surface area contributed by atoms with Gasteiger partial charge in [-0.3, -0.25) is 0 Å². The molecular weight excluding hydrogens is 156 g/mol. The van der Waals surface area contributed by atoms with E-state index in [1.165, 1.54) is 19.3 Å². The van der Waals surface area contributed by atoms with Gasteiger partial charge in [0, 0.05) is 0 Å². The summed E-state index contributed by atoms with van der Waals surface area (Å²) in [6.45, 7) is 11.2. The van der Waals surface area contributed by atoms with Crippen LogP contribution in [0.1, 0.15) is 53.9 Å². The molecule has 0 heteroatoms. The predicted octanol–water partition coefficient (Wildman–Crippen LogP) is 4.73. The van der Waals surface area contributed by atoms with Gasteiger partial charge in [-0.2, -0.15) is 0 Å². The standard InChI is InChI=1S/C13H24/c1-6-8-10-12(9-7-2)11-13(3,4)5/h6,8,10H,7,9,11H2,1-5H3. The van der Waals surface area contributed by atoms with E-state index in [-0.39, 0.29) is 0 Å². The zero-order chi connectivity index (χ0) is 10.3.